The molecule has 0 amide bonds. The van der Waals surface area contributed by atoms with Gasteiger partial charge in [-0.15, -0.1) is 5.10 Å². The van der Waals surface area contributed by atoms with Gasteiger partial charge in [0.1, 0.15) is 6.61 Å². The molecule has 1 atom stereocenters. The van der Waals surface area contributed by atoms with Crippen molar-refractivity contribution in [1.29, 1.82) is 0 Å². The van der Waals surface area contributed by atoms with Gasteiger partial charge in [-0.2, -0.15) is 0 Å². The number of hydrogen-bond donors (Lipinski definition) is 1. The first-order chi connectivity index (χ1) is 18.7. The first-order valence-electron chi connectivity index (χ1n) is 13.8. The van der Waals surface area contributed by atoms with Crippen LogP contribution in [0.4, 0.5) is 5.69 Å². The number of ketones is 1. The Morgan fingerprint density at radius 3 is 2.31 bits per heavy atom. The van der Waals surface area contributed by atoms with Crippen LogP contribution in [0.2, 0.25) is 0 Å². The molecule has 0 bridgehead atoms. The second-order valence-corrected chi connectivity index (χ2v) is 10.7. The number of esters is 1. The molecule has 0 aliphatic carbocycles. The molecule has 39 heavy (non-hydrogen) atoms. The second-order valence-electron chi connectivity index (χ2n) is 10.7. The highest BCUT2D eigenvalue weighted by atomic mass is 16.6. The van der Waals surface area contributed by atoms with Crippen LogP contribution in [-0.2, 0) is 14.9 Å². The second kappa shape index (κ2) is 14.5. The molecule has 8 nitrogen and oxygen atoms in total. The minimum atomic E-state index is -0.267. The zero-order chi connectivity index (χ0) is 28.3. The van der Waals surface area contributed by atoms with Crippen LogP contribution >= 0.6 is 0 Å². The lowest BCUT2D eigenvalue weighted by Crippen LogP contribution is -2.27. The molecule has 0 spiro atoms. The maximum Gasteiger partial charge on any atom is 0.414 e. The average molecular weight is 536 g/mol. The number of carbonyl (C=O) groups excluding carboxylic acids is 2. The Kier molecular flexibility index (Phi) is 11.1. The van der Waals surface area contributed by atoms with Gasteiger partial charge in [-0.1, -0.05) is 57.8 Å². The number of unbranched alkanes of at least 4 members (excludes halogenated alkanes) is 1. The highest BCUT2D eigenvalue weighted by Gasteiger charge is 2.17. The predicted molar refractivity (Wildman–Crippen MR) is 152 cm³/mol. The molecule has 2 aromatic carbocycles. The van der Waals surface area contributed by atoms with Gasteiger partial charge >= 0.3 is 12.0 Å². The van der Waals surface area contributed by atoms with E-state index >= 15 is 0 Å². The topological polar surface area (TPSA) is 104 Å². The van der Waals surface area contributed by atoms with Crippen molar-refractivity contribution in [2.24, 2.45) is 0 Å². The van der Waals surface area contributed by atoms with Crippen molar-refractivity contribution < 1.29 is 23.5 Å². The molecule has 0 aliphatic rings. The normalized spacial score (nSPS) is 12.1. The highest BCUT2D eigenvalue weighted by Crippen LogP contribution is 2.27. The maximum atomic E-state index is 12.5. The lowest BCUT2D eigenvalue weighted by atomic mass is 9.87. The summed E-state index contributed by atoms with van der Waals surface area (Å²) in [6.07, 6.45) is 4.18. The monoisotopic (exact) mass is 535 g/mol. The predicted octanol–water partition coefficient (Wildman–Crippen LogP) is 7.00. The Morgan fingerprint density at radius 1 is 0.949 bits per heavy atom. The molecule has 0 fully saturated rings. The van der Waals surface area contributed by atoms with Gasteiger partial charge in [-0.3, -0.25) is 9.59 Å². The quantitative estimate of drug-likeness (QED) is 0.164. The summed E-state index contributed by atoms with van der Waals surface area (Å²) in [6, 6.07) is 15.5. The van der Waals surface area contributed by atoms with Crippen LogP contribution in [0.15, 0.2) is 52.9 Å². The van der Waals surface area contributed by atoms with Crippen LogP contribution in [0, 0.1) is 0 Å². The fraction of sp³-hybridized carbons (Fsp3) is 0.484. The van der Waals surface area contributed by atoms with E-state index in [-0.39, 0.29) is 35.7 Å². The summed E-state index contributed by atoms with van der Waals surface area (Å²) in [5, 5.41) is 11.7. The van der Waals surface area contributed by atoms with Gasteiger partial charge in [0, 0.05) is 29.7 Å². The zero-order valence-electron chi connectivity index (χ0n) is 23.8. The standard InChI is InChI=1S/C31H41N3O5/c1-6-8-10-26(32-25-19-15-22(16-20-25)27(35)11-9-12-28(36)37-7-2)21-38-30-34-33-29(39-30)23-13-17-24(18-14-23)31(3,4)5/h13-20,26,32H,6-12,21H2,1-5H3/t26-/m0/s1. The van der Waals surface area contributed by atoms with Crippen molar-refractivity contribution in [3.8, 4) is 17.5 Å². The lowest BCUT2D eigenvalue weighted by molar-refractivity contribution is -0.143. The summed E-state index contributed by atoms with van der Waals surface area (Å²) in [5.74, 6) is 0.166. The lowest BCUT2D eigenvalue weighted by Gasteiger charge is -2.19. The van der Waals surface area contributed by atoms with Crippen LogP contribution in [0.1, 0.15) is 89.1 Å². The highest BCUT2D eigenvalue weighted by molar-refractivity contribution is 5.96. The van der Waals surface area contributed by atoms with Crippen molar-refractivity contribution in [3.05, 3.63) is 59.7 Å². The number of Topliss-reactive ketones (excluding diaryl/α,β-unsaturated/α-hetero) is 1. The molecule has 1 heterocycles. The van der Waals surface area contributed by atoms with E-state index in [0.717, 1.165) is 30.5 Å². The number of benzene rings is 2. The third kappa shape index (κ3) is 9.53. The minimum absolute atomic E-state index is 0.0111. The van der Waals surface area contributed by atoms with E-state index in [1.807, 2.05) is 36.4 Å². The Labute approximate surface area is 231 Å². The number of ether oxygens (including phenoxy) is 2. The Morgan fingerprint density at radius 2 is 1.67 bits per heavy atom. The SMILES string of the molecule is CCCC[C@@H](COc1nnc(-c2ccc(C(C)(C)C)cc2)o1)Nc1ccc(C(=O)CCCC(=O)OCC)cc1. The van der Waals surface area contributed by atoms with E-state index in [1.165, 1.54) is 5.56 Å². The van der Waals surface area contributed by atoms with Gasteiger partial charge < -0.3 is 19.2 Å². The van der Waals surface area contributed by atoms with E-state index in [0.29, 0.717) is 37.5 Å². The summed E-state index contributed by atoms with van der Waals surface area (Å²) >= 11 is 0. The van der Waals surface area contributed by atoms with Crippen LogP contribution in [0.25, 0.3) is 11.5 Å². The first-order valence-corrected chi connectivity index (χ1v) is 13.8. The molecular weight excluding hydrogens is 494 g/mol. The van der Waals surface area contributed by atoms with Gasteiger partial charge in [0.25, 0.3) is 5.89 Å². The molecule has 3 aromatic rings. The summed E-state index contributed by atoms with van der Waals surface area (Å²) < 4.78 is 16.5. The Hall–Kier alpha value is -3.68. The smallest absolute Gasteiger partial charge is 0.414 e. The Bertz CT molecular complexity index is 1180. The molecule has 0 radical (unpaired) electrons. The van der Waals surface area contributed by atoms with Crippen LogP contribution in [-0.4, -0.2) is 41.2 Å². The first kappa shape index (κ1) is 29.9. The molecule has 0 saturated carbocycles. The summed E-state index contributed by atoms with van der Waals surface area (Å²) in [5.41, 5.74) is 3.68. The number of nitrogens with one attached hydrogen (secondary N) is 1. The molecule has 0 aliphatic heterocycles. The van der Waals surface area contributed by atoms with Crippen molar-refractivity contribution in [3.63, 3.8) is 0 Å². The average Bonchev–Trinajstić information content (AvgIpc) is 3.39. The van der Waals surface area contributed by atoms with E-state index in [4.69, 9.17) is 13.9 Å². The molecule has 210 valence electrons. The van der Waals surface area contributed by atoms with Crippen LogP contribution in [0.3, 0.4) is 0 Å². The van der Waals surface area contributed by atoms with Crippen LogP contribution < -0.4 is 10.1 Å². The molecule has 0 unspecified atom stereocenters. The number of nitrogens with zero attached hydrogens (tertiary/aromatic N) is 2. The fourth-order valence-corrected chi connectivity index (χ4v) is 4.08. The summed E-state index contributed by atoms with van der Waals surface area (Å²) in [6.45, 7) is 11.2. The van der Waals surface area contributed by atoms with Gasteiger partial charge in [0.15, 0.2) is 5.78 Å². The largest absolute Gasteiger partial charge is 0.466 e. The van der Waals surface area contributed by atoms with Crippen molar-refractivity contribution >= 4 is 17.4 Å². The van der Waals surface area contributed by atoms with Crippen molar-refractivity contribution in [2.75, 3.05) is 18.5 Å². The number of anilines is 1. The summed E-state index contributed by atoms with van der Waals surface area (Å²) in [4.78, 5) is 23.9. The minimum Gasteiger partial charge on any atom is -0.466 e. The van der Waals surface area contributed by atoms with Crippen LogP contribution in [0.5, 0.6) is 6.08 Å². The van der Waals surface area contributed by atoms with Gasteiger partial charge in [-0.25, -0.2) is 0 Å². The van der Waals surface area contributed by atoms with Gasteiger partial charge in [-0.05, 0) is 67.1 Å². The maximum absolute atomic E-state index is 12.5. The van der Waals surface area contributed by atoms with Crippen molar-refractivity contribution in [2.45, 2.75) is 84.6 Å². The number of aromatic nitrogens is 2. The van der Waals surface area contributed by atoms with Crippen molar-refractivity contribution in [1.82, 2.24) is 10.2 Å². The number of hydrogen-bond acceptors (Lipinski definition) is 8. The Balaban J connectivity index is 1.54. The molecule has 3 rings (SSSR count). The molecule has 8 heteroatoms. The third-order valence-electron chi connectivity index (χ3n) is 6.39. The van der Waals surface area contributed by atoms with Gasteiger partial charge in [0.05, 0.1) is 12.6 Å². The molecule has 1 aromatic heterocycles. The van der Waals surface area contributed by atoms with E-state index in [2.05, 4.69) is 55.3 Å². The number of carbonyl (C=O) groups is 2. The van der Waals surface area contributed by atoms with Gasteiger partial charge in [0.2, 0.25) is 0 Å². The van der Waals surface area contributed by atoms with E-state index < -0.39 is 0 Å². The van der Waals surface area contributed by atoms with E-state index in [9.17, 15) is 9.59 Å². The zero-order valence-corrected chi connectivity index (χ0v) is 23.8. The molecular formula is C31H41N3O5. The molecule has 1 N–H and O–H groups in total. The number of rotatable bonds is 15. The summed E-state index contributed by atoms with van der Waals surface area (Å²) in [7, 11) is 0. The van der Waals surface area contributed by atoms with E-state index in [1.54, 1.807) is 6.92 Å². The fourth-order valence-electron chi connectivity index (χ4n) is 4.08. The third-order valence-corrected chi connectivity index (χ3v) is 6.39. The molecule has 0 saturated heterocycles.